The van der Waals surface area contributed by atoms with Crippen molar-refractivity contribution in [3.05, 3.63) is 48.0 Å². The van der Waals surface area contributed by atoms with Gasteiger partial charge in [-0.15, -0.1) is 0 Å². The summed E-state index contributed by atoms with van der Waals surface area (Å²) in [5.41, 5.74) is 3.24. The number of aromatic hydroxyl groups is 1. The first-order valence-corrected chi connectivity index (χ1v) is 10.8. The summed E-state index contributed by atoms with van der Waals surface area (Å²) in [6.07, 6.45) is 1.37. The minimum Gasteiger partial charge on any atom is -0.504 e. The van der Waals surface area contributed by atoms with E-state index in [0.29, 0.717) is 29.4 Å². The lowest BCUT2D eigenvalue weighted by atomic mass is 10.2. The van der Waals surface area contributed by atoms with Crippen molar-refractivity contribution in [1.29, 1.82) is 0 Å². The number of nitrogens with one attached hydrogen (secondary N) is 1. The molecule has 2 N–H and O–H groups in total. The zero-order chi connectivity index (χ0) is 22.1. The molecule has 0 unspecified atom stereocenters. The van der Waals surface area contributed by atoms with Crippen molar-refractivity contribution in [2.75, 3.05) is 30.3 Å². The number of phenols is 1. The van der Waals surface area contributed by atoms with E-state index in [-0.39, 0.29) is 11.5 Å². The van der Waals surface area contributed by atoms with Crippen molar-refractivity contribution in [2.45, 2.75) is 13.8 Å². The topological polar surface area (TPSA) is 118 Å². The van der Waals surface area contributed by atoms with Gasteiger partial charge in [0.15, 0.2) is 11.5 Å². The van der Waals surface area contributed by atoms with Gasteiger partial charge in [0.05, 0.1) is 31.4 Å². The number of rotatable bonds is 10. The summed E-state index contributed by atoms with van der Waals surface area (Å²) in [5.74, 6) is 0.0961. The van der Waals surface area contributed by atoms with Gasteiger partial charge in [-0.2, -0.15) is 5.10 Å². The average Bonchev–Trinajstić information content (AvgIpc) is 2.74. The van der Waals surface area contributed by atoms with Crippen molar-refractivity contribution in [1.82, 2.24) is 5.43 Å². The number of methoxy groups -OCH3 is 1. The summed E-state index contributed by atoms with van der Waals surface area (Å²) in [6, 6.07) is 11.0. The first-order chi connectivity index (χ1) is 14.3. The Morgan fingerprint density at radius 1 is 1.20 bits per heavy atom. The molecule has 162 valence electrons. The summed E-state index contributed by atoms with van der Waals surface area (Å²) < 4.78 is 36.3. The summed E-state index contributed by atoms with van der Waals surface area (Å²) in [4.78, 5) is 12.3. The van der Waals surface area contributed by atoms with Gasteiger partial charge in [-0.25, -0.2) is 13.8 Å². The molecule has 0 radical (unpaired) electrons. The molecule has 0 saturated carbocycles. The van der Waals surface area contributed by atoms with Crippen LogP contribution in [0.2, 0.25) is 0 Å². The van der Waals surface area contributed by atoms with Crippen LogP contribution < -0.4 is 19.2 Å². The highest BCUT2D eigenvalue weighted by Gasteiger charge is 2.23. The molecule has 0 atom stereocenters. The van der Waals surface area contributed by atoms with E-state index in [1.807, 2.05) is 0 Å². The summed E-state index contributed by atoms with van der Waals surface area (Å²) in [7, 11) is -2.18. The third-order valence-electron chi connectivity index (χ3n) is 4.03. The van der Waals surface area contributed by atoms with Gasteiger partial charge in [-0.05, 0) is 61.9 Å². The number of nitrogens with zero attached hydrogens (tertiary/aromatic N) is 2. The molecule has 0 heterocycles. The Morgan fingerprint density at radius 2 is 1.90 bits per heavy atom. The SMILES string of the molecule is CCOc1cc(/C=N\NC(=O)CN(c2ccc(OC)cc2)S(=O)(=O)CC)ccc1O. The van der Waals surface area contributed by atoms with Crippen LogP contribution in [0.15, 0.2) is 47.6 Å². The molecule has 0 aliphatic heterocycles. The largest absolute Gasteiger partial charge is 0.504 e. The molecule has 2 rings (SSSR count). The average molecular weight is 436 g/mol. The van der Waals surface area contributed by atoms with Crippen LogP contribution in [0.3, 0.4) is 0 Å². The van der Waals surface area contributed by atoms with Gasteiger partial charge in [0, 0.05) is 0 Å². The zero-order valence-electron chi connectivity index (χ0n) is 17.0. The minimum absolute atomic E-state index is 0.00191. The van der Waals surface area contributed by atoms with Crippen LogP contribution in [0, 0.1) is 0 Å². The monoisotopic (exact) mass is 435 g/mol. The van der Waals surface area contributed by atoms with Crippen molar-refractivity contribution >= 4 is 27.8 Å². The smallest absolute Gasteiger partial charge is 0.260 e. The van der Waals surface area contributed by atoms with E-state index in [2.05, 4.69) is 10.5 Å². The van der Waals surface area contributed by atoms with Crippen molar-refractivity contribution < 1.29 is 27.8 Å². The highest BCUT2D eigenvalue weighted by Crippen LogP contribution is 2.26. The number of phenolic OH excluding ortho intramolecular Hbond substituents is 1. The predicted octanol–water partition coefficient (Wildman–Crippen LogP) is 2.11. The van der Waals surface area contributed by atoms with Gasteiger partial charge in [0.25, 0.3) is 5.91 Å². The molecule has 0 aliphatic carbocycles. The van der Waals surface area contributed by atoms with Gasteiger partial charge in [0.2, 0.25) is 10.0 Å². The van der Waals surface area contributed by atoms with E-state index in [4.69, 9.17) is 9.47 Å². The molecule has 2 aromatic carbocycles. The molecule has 0 fully saturated rings. The van der Waals surface area contributed by atoms with E-state index >= 15 is 0 Å². The van der Waals surface area contributed by atoms with Crippen LogP contribution in [0.1, 0.15) is 19.4 Å². The molecule has 10 heteroatoms. The first kappa shape index (κ1) is 23.0. The van der Waals surface area contributed by atoms with Crippen molar-refractivity contribution in [2.24, 2.45) is 5.10 Å². The quantitative estimate of drug-likeness (QED) is 0.436. The van der Waals surface area contributed by atoms with Crippen LogP contribution in [0.4, 0.5) is 5.69 Å². The maximum absolute atomic E-state index is 12.5. The number of sulfonamides is 1. The molecule has 30 heavy (non-hydrogen) atoms. The third kappa shape index (κ3) is 6.11. The number of amides is 1. The second-order valence-corrected chi connectivity index (χ2v) is 8.24. The Balaban J connectivity index is 2.10. The fourth-order valence-corrected chi connectivity index (χ4v) is 3.55. The van der Waals surface area contributed by atoms with E-state index in [1.54, 1.807) is 43.3 Å². The molecule has 1 amide bonds. The lowest BCUT2D eigenvalue weighted by Gasteiger charge is -2.23. The van der Waals surface area contributed by atoms with Gasteiger partial charge >= 0.3 is 0 Å². The fourth-order valence-electron chi connectivity index (χ4n) is 2.48. The van der Waals surface area contributed by atoms with Crippen LogP contribution in [-0.4, -0.2) is 51.7 Å². The van der Waals surface area contributed by atoms with E-state index in [0.717, 1.165) is 4.31 Å². The first-order valence-electron chi connectivity index (χ1n) is 9.22. The Hall–Kier alpha value is -3.27. The van der Waals surface area contributed by atoms with Gasteiger partial charge in [-0.3, -0.25) is 9.10 Å². The molecular formula is C20H25N3O6S. The standard InChI is InChI=1S/C20H25N3O6S/c1-4-29-19-12-15(6-11-18(19)24)13-21-22-20(25)14-23(30(26,27)5-2)16-7-9-17(28-3)10-8-16/h6-13,24H,4-5,14H2,1-3H3,(H,22,25)/b21-13-. The van der Waals surface area contributed by atoms with Gasteiger partial charge in [-0.1, -0.05) is 0 Å². The molecule has 2 aromatic rings. The lowest BCUT2D eigenvalue weighted by Crippen LogP contribution is -2.40. The zero-order valence-corrected chi connectivity index (χ0v) is 17.8. The van der Waals surface area contributed by atoms with Crippen LogP contribution >= 0.6 is 0 Å². The Morgan fingerprint density at radius 3 is 2.50 bits per heavy atom. The van der Waals surface area contributed by atoms with Crippen molar-refractivity contribution in [3.63, 3.8) is 0 Å². The normalized spacial score (nSPS) is 11.3. The summed E-state index contributed by atoms with van der Waals surface area (Å²) >= 11 is 0. The number of carbonyl (C=O) groups excluding carboxylic acids is 1. The van der Waals surface area contributed by atoms with E-state index in [1.165, 1.54) is 26.3 Å². The van der Waals surface area contributed by atoms with E-state index in [9.17, 15) is 18.3 Å². The number of hydrazone groups is 1. The molecular weight excluding hydrogens is 410 g/mol. The summed E-state index contributed by atoms with van der Waals surface area (Å²) in [5, 5.41) is 13.6. The van der Waals surface area contributed by atoms with Crippen LogP contribution in [0.25, 0.3) is 0 Å². The highest BCUT2D eigenvalue weighted by molar-refractivity contribution is 7.92. The maximum atomic E-state index is 12.5. The molecule has 0 aromatic heterocycles. The van der Waals surface area contributed by atoms with Crippen molar-refractivity contribution in [3.8, 4) is 17.2 Å². The molecule has 0 bridgehead atoms. The second-order valence-electron chi connectivity index (χ2n) is 6.06. The molecule has 9 nitrogen and oxygen atoms in total. The second kappa shape index (κ2) is 10.5. The molecule has 0 saturated heterocycles. The van der Waals surface area contributed by atoms with Crippen LogP contribution in [0.5, 0.6) is 17.2 Å². The number of anilines is 1. The Labute approximate surface area is 176 Å². The van der Waals surface area contributed by atoms with Crippen LogP contribution in [-0.2, 0) is 14.8 Å². The number of hydrogen-bond acceptors (Lipinski definition) is 7. The number of ether oxygens (including phenoxy) is 2. The molecule has 0 spiro atoms. The number of benzene rings is 2. The fraction of sp³-hybridized carbons (Fsp3) is 0.300. The Kier molecular flexibility index (Phi) is 8.05. The van der Waals surface area contributed by atoms with Gasteiger partial charge < -0.3 is 14.6 Å². The minimum atomic E-state index is -3.69. The predicted molar refractivity (Wildman–Crippen MR) is 115 cm³/mol. The Bertz CT molecular complexity index is 990. The molecule has 0 aliphatic rings. The third-order valence-corrected chi connectivity index (χ3v) is 5.78. The lowest BCUT2D eigenvalue weighted by molar-refractivity contribution is -0.119. The summed E-state index contributed by atoms with van der Waals surface area (Å²) in [6.45, 7) is 3.25. The number of hydrogen-bond donors (Lipinski definition) is 2. The van der Waals surface area contributed by atoms with Gasteiger partial charge in [0.1, 0.15) is 12.3 Å². The highest BCUT2D eigenvalue weighted by atomic mass is 32.2. The maximum Gasteiger partial charge on any atom is 0.260 e. The van der Waals surface area contributed by atoms with E-state index < -0.39 is 22.5 Å². The number of carbonyl (C=O) groups is 1.